The summed E-state index contributed by atoms with van der Waals surface area (Å²) in [7, 11) is 0. The van der Waals surface area contributed by atoms with E-state index in [-0.39, 0.29) is 12.6 Å². The Bertz CT molecular complexity index is 149. The number of aliphatic hydroxyl groups excluding tert-OH is 1. The first-order chi connectivity index (χ1) is 6.15. The summed E-state index contributed by atoms with van der Waals surface area (Å²) in [5.41, 5.74) is 0. The summed E-state index contributed by atoms with van der Waals surface area (Å²) < 4.78 is 0. The highest BCUT2D eigenvalue weighted by Crippen LogP contribution is 2.29. The topological polar surface area (TPSA) is 32.3 Å². The molecule has 0 aliphatic heterocycles. The molecule has 1 aliphatic rings. The lowest BCUT2D eigenvalue weighted by Crippen LogP contribution is -2.45. The molecule has 0 aromatic heterocycles. The molecule has 0 aromatic rings. The molecule has 1 fully saturated rings. The number of nitrogens with one attached hydrogen (secondary N) is 1. The van der Waals surface area contributed by atoms with E-state index in [1.807, 2.05) is 6.92 Å². The van der Waals surface area contributed by atoms with E-state index in [9.17, 15) is 0 Å². The Morgan fingerprint density at radius 3 is 2.69 bits per heavy atom. The fraction of sp³-hybridized carbons (Fsp3) is 1.00. The van der Waals surface area contributed by atoms with Crippen LogP contribution in [-0.4, -0.2) is 23.8 Å². The van der Waals surface area contributed by atoms with Crippen molar-refractivity contribution < 1.29 is 5.11 Å². The Hall–Kier alpha value is -0.0800. The van der Waals surface area contributed by atoms with Crippen molar-refractivity contribution in [1.29, 1.82) is 0 Å². The van der Waals surface area contributed by atoms with Crippen LogP contribution in [0.3, 0.4) is 0 Å². The van der Waals surface area contributed by atoms with E-state index < -0.39 is 0 Å². The van der Waals surface area contributed by atoms with Crippen molar-refractivity contribution in [3.63, 3.8) is 0 Å². The van der Waals surface area contributed by atoms with E-state index in [0.29, 0.717) is 6.04 Å². The van der Waals surface area contributed by atoms with Gasteiger partial charge in [0, 0.05) is 12.1 Å². The molecule has 13 heavy (non-hydrogen) atoms. The molecule has 2 heteroatoms. The van der Waals surface area contributed by atoms with Crippen LogP contribution in [0.15, 0.2) is 0 Å². The lowest BCUT2D eigenvalue weighted by molar-refractivity contribution is 0.170. The highest BCUT2D eigenvalue weighted by atomic mass is 16.3. The maximum atomic E-state index is 8.96. The second-order valence-corrected chi connectivity index (χ2v) is 4.62. The molecule has 78 valence electrons. The third-order valence-electron chi connectivity index (χ3n) is 3.48. The number of hydrogen-bond donors (Lipinski definition) is 2. The second kappa shape index (κ2) is 4.97. The van der Waals surface area contributed by atoms with E-state index in [4.69, 9.17) is 5.11 Å². The molecule has 3 unspecified atom stereocenters. The zero-order valence-corrected chi connectivity index (χ0v) is 9.09. The van der Waals surface area contributed by atoms with Crippen LogP contribution in [0.2, 0.25) is 0 Å². The van der Waals surface area contributed by atoms with Crippen molar-refractivity contribution in [2.75, 3.05) is 6.61 Å². The van der Waals surface area contributed by atoms with Gasteiger partial charge >= 0.3 is 0 Å². The smallest absolute Gasteiger partial charge is 0.0582 e. The first kappa shape index (κ1) is 11.0. The first-order valence-corrected chi connectivity index (χ1v) is 5.52. The van der Waals surface area contributed by atoms with Crippen LogP contribution < -0.4 is 5.32 Å². The minimum Gasteiger partial charge on any atom is -0.395 e. The Kier molecular flexibility index (Phi) is 4.20. The number of rotatable bonds is 3. The van der Waals surface area contributed by atoms with Crippen molar-refractivity contribution in [2.45, 2.75) is 52.1 Å². The van der Waals surface area contributed by atoms with Crippen LogP contribution in [0.25, 0.3) is 0 Å². The Labute approximate surface area is 81.7 Å². The van der Waals surface area contributed by atoms with Gasteiger partial charge in [0.15, 0.2) is 0 Å². The van der Waals surface area contributed by atoms with Crippen LogP contribution >= 0.6 is 0 Å². The summed E-state index contributed by atoms with van der Waals surface area (Å²) >= 11 is 0. The zero-order chi connectivity index (χ0) is 9.84. The first-order valence-electron chi connectivity index (χ1n) is 5.52. The van der Waals surface area contributed by atoms with E-state index in [1.54, 1.807) is 0 Å². The average Bonchev–Trinajstić information content (AvgIpc) is 2.13. The van der Waals surface area contributed by atoms with Gasteiger partial charge < -0.3 is 10.4 Å². The molecule has 0 bridgehead atoms. The van der Waals surface area contributed by atoms with Gasteiger partial charge in [-0.2, -0.15) is 0 Å². The zero-order valence-electron chi connectivity index (χ0n) is 9.09. The summed E-state index contributed by atoms with van der Waals surface area (Å²) in [5, 5.41) is 12.5. The molecule has 2 nitrogen and oxygen atoms in total. The maximum Gasteiger partial charge on any atom is 0.0582 e. The molecule has 0 heterocycles. The van der Waals surface area contributed by atoms with Gasteiger partial charge in [-0.15, -0.1) is 0 Å². The van der Waals surface area contributed by atoms with Gasteiger partial charge in [-0.25, -0.2) is 0 Å². The third kappa shape index (κ3) is 2.96. The molecule has 4 atom stereocenters. The van der Waals surface area contributed by atoms with E-state index in [2.05, 4.69) is 19.2 Å². The number of aliphatic hydroxyl groups is 1. The molecule has 1 saturated carbocycles. The van der Waals surface area contributed by atoms with Crippen molar-refractivity contribution in [3.8, 4) is 0 Å². The van der Waals surface area contributed by atoms with E-state index in [0.717, 1.165) is 11.8 Å². The summed E-state index contributed by atoms with van der Waals surface area (Å²) in [5.74, 6) is 1.58. The minimum atomic E-state index is 0.248. The van der Waals surface area contributed by atoms with Crippen molar-refractivity contribution in [1.82, 2.24) is 5.32 Å². The van der Waals surface area contributed by atoms with Gasteiger partial charge in [0.05, 0.1) is 6.61 Å². The lowest BCUT2D eigenvalue weighted by Gasteiger charge is -2.36. The van der Waals surface area contributed by atoms with Crippen LogP contribution in [0.1, 0.15) is 40.0 Å². The van der Waals surface area contributed by atoms with E-state index in [1.165, 1.54) is 19.3 Å². The monoisotopic (exact) mass is 185 g/mol. The molecular weight excluding hydrogens is 162 g/mol. The van der Waals surface area contributed by atoms with Crippen molar-refractivity contribution in [2.24, 2.45) is 11.8 Å². The second-order valence-electron chi connectivity index (χ2n) is 4.62. The van der Waals surface area contributed by atoms with Gasteiger partial charge in [-0.05, 0) is 25.2 Å². The van der Waals surface area contributed by atoms with Crippen molar-refractivity contribution in [3.05, 3.63) is 0 Å². The van der Waals surface area contributed by atoms with Gasteiger partial charge in [0.1, 0.15) is 0 Å². The SMILES string of the molecule is CC1CCCC(N[C@H](C)CO)C1C. The normalized spacial score (nSPS) is 37.4. The highest BCUT2D eigenvalue weighted by molar-refractivity contribution is 4.83. The lowest BCUT2D eigenvalue weighted by atomic mass is 9.78. The Morgan fingerprint density at radius 1 is 1.38 bits per heavy atom. The van der Waals surface area contributed by atoms with Crippen LogP contribution in [0.4, 0.5) is 0 Å². The largest absolute Gasteiger partial charge is 0.395 e. The molecular formula is C11H23NO. The average molecular weight is 185 g/mol. The highest BCUT2D eigenvalue weighted by Gasteiger charge is 2.27. The quantitative estimate of drug-likeness (QED) is 0.702. The number of hydrogen-bond acceptors (Lipinski definition) is 2. The van der Waals surface area contributed by atoms with Gasteiger partial charge in [0.25, 0.3) is 0 Å². The fourth-order valence-electron chi connectivity index (χ4n) is 2.24. The predicted molar refractivity (Wildman–Crippen MR) is 55.7 cm³/mol. The molecule has 2 N–H and O–H groups in total. The molecule has 1 aliphatic carbocycles. The molecule has 0 saturated heterocycles. The van der Waals surface area contributed by atoms with Crippen LogP contribution in [0, 0.1) is 11.8 Å². The van der Waals surface area contributed by atoms with Gasteiger partial charge in [-0.3, -0.25) is 0 Å². The molecule has 0 aromatic carbocycles. The molecule has 0 radical (unpaired) electrons. The summed E-state index contributed by atoms with van der Waals surface area (Å²) in [6, 6.07) is 0.864. The minimum absolute atomic E-state index is 0.248. The maximum absolute atomic E-state index is 8.96. The Balaban J connectivity index is 2.39. The van der Waals surface area contributed by atoms with Crippen LogP contribution in [0.5, 0.6) is 0 Å². The van der Waals surface area contributed by atoms with Crippen molar-refractivity contribution >= 4 is 0 Å². The van der Waals surface area contributed by atoms with Gasteiger partial charge in [0.2, 0.25) is 0 Å². The molecule has 0 spiro atoms. The summed E-state index contributed by atoms with van der Waals surface area (Å²) in [6.45, 7) is 6.96. The Morgan fingerprint density at radius 2 is 2.08 bits per heavy atom. The van der Waals surface area contributed by atoms with E-state index >= 15 is 0 Å². The predicted octanol–water partition coefficient (Wildman–Crippen LogP) is 1.78. The third-order valence-corrected chi connectivity index (χ3v) is 3.48. The molecule has 1 rings (SSSR count). The standard InChI is InChI=1S/C11H23NO/c1-8-5-4-6-11(10(8)3)12-9(2)7-13/h8-13H,4-7H2,1-3H3/t8?,9-,10?,11?/m1/s1. The summed E-state index contributed by atoms with van der Waals surface area (Å²) in [4.78, 5) is 0. The van der Waals surface area contributed by atoms with Gasteiger partial charge in [-0.1, -0.05) is 26.7 Å². The molecule has 0 amide bonds. The fourth-order valence-corrected chi connectivity index (χ4v) is 2.24. The van der Waals surface area contributed by atoms with Crippen LogP contribution in [-0.2, 0) is 0 Å². The summed E-state index contributed by atoms with van der Waals surface area (Å²) in [6.07, 6.45) is 3.98.